The van der Waals surface area contributed by atoms with Crippen LogP contribution in [0.4, 0.5) is 0 Å². The summed E-state index contributed by atoms with van der Waals surface area (Å²) in [6.45, 7) is 4.53. The number of amides is 1. The zero-order valence-electron chi connectivity index (χ0n) is 7.76. The maximum absolute atomic E-state index is 11.3. The normalized spacial score (nSPS) is 11.3. The Balaban J connectivity index is 3.72. The minimum Gasteiger partial charge on any atom is -0.396 e. The average molecular weight is 174 g/mol. The van der Waals surface area contributed by atoms with Gasteiger partial charge in [-0.15, -0.1) is 0 Å². The molecule has 0 fully saturated rings. The first-order chi connectivity index (χ1) is 5.54. The van der Waals surface area contributed by atoms with Crippen molar-refractivity contribution in [1.82, 2.24) is 5.32 Å². The number of aliphatic hydroxyl groups excluding tert-OH is 1. The van der Waals surface area contributed by atoms with Crippen molar-refractivity contribution in [1.29, 1.82) is 0 Å². The number of aliphatic hydroxyl groups is 1. The molecule has 0 bridgehead atoms. The van der Waals surface area contributed by atoms with Crippen LogP contribution in [0.2, 0.25) is 0 Å². The van der Waals surface area contributed by atoms with Crippen molar-refractivity contribution in [3.05, 3.63) is 0 Å². The Morgan fingerprint density at radius 1 is 1.58 bits per heavy atom. The number of nitrogens with one attached hydrogen (secondary N) is 1. The van der Waals surface area contributed by atoms with Gasteiger partial charge in [0.05, 0.1) is 5.41 Å². The quantitative estimate of drug-likeness (QED) is 0.490. The first-order valence-corrected chi connectivity index (χ1v) is 4.14. The van der Waals surface area contributed by atoms with Gasteiger partial charge < -0.3 is 16.2 Å². The Labute approximate surface area is 73.1 Å². The highest BCUT2D eigenvalue weighted by atomic mass is 16.3. The molecule has 12 heavy (non-hydrogen) atoms. The first-order valence-electron chi connectivity index (χ1n) is 4.14. The molecule has 0 spiro atoms. The van der Waals surface area contributed by atoms with Crippen LogP contribution in [0.3, 0.4) is 0 Å². The molecular formula is C8H18N2O2. The van der Waals surface area contributed by atoms with E-state index in [-0.39, 0.29) is 12.5 Å². The van der Waals surface area contributed by atoms with Gasteiger partial charge in [0.2, 0.25) is 5.91 Å². The van der Waals surface area contributed by atoms with Crippen LogP contribution in [-0.2, 0) is 4.79 Å². The summed E-state index contributed by atoms with van der Waals surface area (Å²) in [4.78, 5) is 11.3. The second-order valence-corrected chi connectivity index (χ2v) is 3.42. The van der Waals surface area contributed by atoms with Crippen molar-refractivity contribution in [3.8, 4) is 0 Å². The number of hydrogen-bond donors (Lipinski definition) is 3. The largest absolute Gasteiger partial charge is 0.396 e. The van der Waals surface area contributed by atoms with Gasteiger partial charge in [0.25, 0.3) is 0 Å². The molecule has 4 N–H and O–H groups in total. The molecule has 0 saturated heterocycles. The topological polar surface area (TPSA) is 75.4 Å². The Kier molecular flexibility index (Phi) is 4.85. The molecule has 0 rings (SSSR count). The Morgan fingerprint density at radius 2 is 2.17 bits per heavy atom. The highest BCUT2D eigenvalue weighted by Crippen LogP contribution is 2.11. The average Bonchev–Trinajstić information content (AvgIpc) is 2.05. The van der Waals surface area contributed by atoms with E-state index in [4.69, 9.17) is 10.8 Å². The molecule has 0 radical (unpaired) electrons. The minimum absolute atomic E-state index is 0.0570. The molecule has 0 aliphatic rings. The summed E-state index contributed by atoms with van der Waals surface area (Å²) >= 11 is 0. The van der Waals surface area contributed by atoms with Crippen LogP contribution < -0.4 is 11.1 Å². The summed E-state index contributed by atoms with van der Waals surface area (Å²) in [6.07, 6.45) is 0.590. The molecule has 4 nitrogen and oxygen atoms in total. The van der Waals surface area contributed by atoms with Gasteiger partial charge in [-0.1, -0.05) is 0 Å². The number of carbonyl (C=O) groups excluding carboxylic acids is 1. The van der Waals surface area contributed by atoms with Crippen molar-refractivity contribution < 1.29 is 9.90 Å². The van der Waals surface area contributed by atoms with Crippen molar-refractivity contribution in [2.75, 3.05) is 19.7 Å². The highest BCUT2D eigenvalue weighted by Gasteiger charge is 2.24. The number of rotatable bonds is 5. The Hall–Kier alpha value is -0.610. The van der Waals surface area contributed by atoms with Crippen LogP contribution in [0.15, 0.2) is 0 Å². The molecule has 0 aliphatic heterocycles. The van der Waals surface area contributed by atoms with E-state index in [1.807, 2.05) is 0 Å². The SMILES string of the molecule is CC(C)(CN)C(=O)NCCCO. The van der Waals surface area contributed by atoms with Crippen molar-refractivity contribution in [3.63, 3.8) is 0 Å². The lowest BCUT2D eigenvalue weighted by molar-refractivity contribution is -0.128. The van der Waals surface area contributed by atoms with Crippen molar-refractivity contribution in [2.45, 2.75) is 20.3 Å². The minimum atomic E-state index is -0.505. The van der Waals surface area contributed by atoms with E-state index in [1.165, 1.54) is 0 Å². The third-order valence-electron chi connectivity index (χ3n) is 1.75. The third kappa shape index (κ3) is 3.69. The molecule has 0 aromatic rings. The Morgan fingerprint density at radius 3 is 2.58 bits per heavy atom. The summed E-state index contributed by atoms with van der Waals surface area (Å²) < 4.78 is 0. The molecular weight excluding hydrogens is 156 g/mol. The molecule has 4 heteroatoms. The lowest BCUT2D eigenvalue weighted by Gasteiger charge is -2.20. The fourth-order valence-corrected chi connectivity index (χ4v) is 0.613. The standard InChI is InChI=1S/C8H18N2O2/c1-8(2,6-9)7(12)10-4-3-5-11/h11H,3-6,9H2,1-2H3,(H,10,12). The maximum atomic E-state index is 11.3. The molecule has 0 aliphatic carbocycles. The van der Waals surface area contributed by atoms with Crippen LogP contribution in [0.5, 0.6) is 0 Å². The lowest BCUT2D eigenvalue weighted by atomic mass is 9.93. The number of hydrogen-bond acceptors (Lipinski definition) is 3. The fraction of sp³-hybridized carbons (Fsp3) is 0.875. The molecule has 0 saturated carbocycles. The second-order valence-electron chi connectivity index (χ2n) is 3.42. The van der Waals surface area contributed by atoms with Gasteiger partial charge in [0.15, 0.2) is 0 Å². The molecule has 0 unspecified atom stereocenters. The summed E-state index contributed by atoms with van der Waals surface area (Å²) in [5.74, 6) is -0.0570. The van der Waals surface area contributed by atoms with Gasteiger partial charge in [-0.05, 0) is 20.3 Å². The van der Waals surface area contributed by atoms with Gasteiger partial charge in [0, 0.05) is 19.7 Å². The summed E-state index contributed by atoms with van der Waals surface area (Å²) in [5, 5.41) is 11.2. The van der Waals surface area contributed by atoms with Gasteiger partial charge >= 0.3 is 0 Å². The van der Waals surface area contributed by atoms with Gasteiger partial charge in [-0.25, -0.2) is 0 Å². The zero-order chi connectivity index (χ0) is 9.61. The van der Waals surface area contributed by atoms with E-state index < -0.39 is 5.41 Å². The van der Waals surface area contributed by atoms with Crippen LogP contribution in [0.1, 0.15) is 20.3 Å². The maximum Gasteiger partial charge on any atom is 0.226 e. The molecule has 0 atom stereocenters. The summed E-state index contributed by atoms with van der Waals surface area (Å²) in [6, 6.07) is 0. The molecule has 0 heterocycles. The predicted molar refractivity (Wildman–Crippen MR) is 47.5 cm³/mol. The van der Waals surface area contributed by atoms with Crippen LogP contribution in [-0.4, -0.2) is 30.7 Å². The number of nitrogens with two attached hydrogens (primary N) is 1. The molecule has 1 amide bonds. The van der Waals surface area contributed by atoms with Crippen molar-refractivity contribution in [2.24, 2.45) is 11.1 Å². The number of carbonyl (C=O) groups is 1. The first kappa shape index (κ1) is 11.4. The van der Waals surface area contributed by atoms with Crippen LogP contribution in [0, 0.1) is 5.41 Å². The predicted octanol–water partition coefficient (Wildman–Crippen LogP) is -0.530. The van der Waals surface area contributed by atoms with E-state index in [0.29, 0.717) is 19.5 Å². The van der Waals surface area contributed by atoms with Gasteiger partial charge in [0.1, 0.15) is 0 Å². The monoisotopic (exact) mass is 174 g/mol. The molecule has 0 aromatic carbocycles. The van der Waals surface area contributed by atoms with Gasteiger partial charge in [-0.3, -0.25) is 4.79 Å². The second kappa shape index (κ2) is 5.11. The molecule has 0 aromatic heterocycles. The van der Waals surface area contributed by atoms with Gasteiger partial charge in [-0.2, -0.15) is 0 Å². The zero-order valence-corrected chi connectivity index (χ0v) is 7.76. The van der Waals surface area contributed by atoms with E-state index in [9.17, 15) is 4.79 Å². The van der Waals surface area contributed by atoms with Crippen LogP contribution in [0.25, 0.3) is 0 Å². The smallest absolute Gasteiger partial charge is 0.226 e. The Bertz CT molecular complexity index is 146. The summed E-state index contributed by atoms with van der Waals surface area (Å²) in [7, 11) is 0. The van der Waals surface area contributed by atoms with E-state index in [2.05, 4.69) is 5.32 Å². The lowest BCUT2D eigenvalue weighted by Crippen LogP contribution is -2.42. The van der Waals surface area contributed by atoms with E-state index >= 15 is 0 Å². The van der Waals surface area contributed by atoms with Crippen LogP contribution >= 0.6 is 0 Å². The fourth-order valence-electron chi connectivity index (χ4n) is 0.613. The van der Waals surface area contributed by atoms with E-state index in [0.717, 1.165) is 0 Å². The highest BCUT2D eigenvalue weighted by molar-refractivity contribution is 5.81. The molecule has 72 valence electrons. The van der Waals surface area contributed by atoms with E-state index in [1.54, 1.807) is 13.8 Å². The van der Waals surface area contributed by atoms with Crippen molar-refractivity contribution >= 4 is 5.91 Å². The third-order valence-corrected chi connectivity index (χ3v) is 1.75. The summed E-state index contributed by atoms with van der Waals surface area (Å²) in [5.41, 5.74) is 4.90.